The summed E-state index contributed by atoms with van der Waals surface area (Å²) >= 11 is 6.03. The highest BCUT2D eigenvalue weighted by atomic mass is 35.5. The van der Waals surface area contributed by atoms with Crippen molar-refractivity contribution in [1.29, 1.82) is 0 Å². The molecule has 2 aliphatic heterocycles. The summed E-state index contributed by atoms with van der Waals surface area (Å²) in [5.41, 5.74) is 0.822. The van der Waals surface area contributed by atoms with Crippen molar-refractivity contribution >= 4 is 48.0 Å². The number of hydrogen-bond acceptors (Lipinski definition) is 5. The Morgan fingerprint density at radius 3 is 2.74 bits per heavy atom. The predicted octanol–water partition coefficient (Wildman–Crippen LogP) is 2.50. The molecule has 0 saturated carbocycles. The number of rotatable bonds is 6. The minimum Gasteiger partial charge on any atom is -0.495 e. The third kappa shape index (κ3) is 6.57. The molecule has 0 spiro atoms. The summed E-state index contributed by atoms with van der Waals surface area (Å²) in [6.07, 6.45) is 1.56. The topological polar surface area (TPSA) is 56.8 Å². The number of benzene rings is 1. The van der Waals surface area contributed by atoms with Crippen molar-refractivity contribution in [1.82, 2.24) is 15.1 Å². The third-order valence-electron chi connectivity index (χ3n) is 5.00. The maximum absolute atomic E-state index is 12.5. The van der Waals surface area contributed by atoms with Crippen LogP contribution in [0.2, 0.25) is 5.02 Å². The van der Waals surface area contributed by atoms with E-state index in [2.05, 4.69) is 15.5 Å². The first-order valence-corrected chi connectivity index (χ1v) is 9.35. The fraction of sp³-hybridized carbons (Fsp3) is 0.611. The average molecular weight is 440 g/mol. The zero-order valence-corrected chi connectivity index (χ0v) is 18.0. The molecule has 2 fully saturated rings. The van der Waals surface area contributed by atoms with Gasteiger partial charge in [-0.1, -0.05) is 11.6 Å². The van der Waals surface area contributed by atoms with Crippen LogP contribution in [0.1, 0.15) is 12.8 Å². The van der Waals surface area contributed by atoms with Gasteiger partial charge < -0.3 is 20.3 Å². The van der Waals surface area contributed by atoms with Crippen molar-refractivity contribution in [2.24, 2.45) is 0 Å². The molecule has 0 radical (unpaired) electrons. The molecule has 2 aliphatic rings. The van der Waals surface area contributed by atoms with E-state index < -0.39 is 0 Å². The van der Waals surface area contributed by atoms with Gasteiger partial charge in [-0.3, -0.25) is 9.69 Å². The van der Waals surface area contributed by atoms with Crippen LogP contribution in [0.3, 0.4) is 0 Å². The molecule has 1 atom stereocenters. The van der Waals surface area contributed by atoms with Gasteiger partial charge >= 0.3 is 0 Å². The number of nitrogens with zero attached hydrogens (tertiary/aromatic N) is 2. The standard InChI is InChI=1S/C18H27ClN4O2.2ClH/c1-25-17-3-2-14(19)12-16(17)21-6-4-18(24)23-9-5-15(13-23)22-10-7-20-8-11-22;;/h2-3,12,15,20-21H,4-11,13H2,1H3;2*1H. The molecular formula is C18H29Cl3N4O2. The van der Waals surface area contributed by atoms with E-state index in [4.69, 9.17) is 16.3 Å². The number of anilines is 1. The van der Waals surface area contributed by atoms with Crippen molar-refractivity contribution in [3.8, 4) is 5.75 Å². The van der Waals surface area contributed by atoms with Gasteiger partial charge in [0.2, 0.25) is 5.91 Å². The van der Waals surface area contributed by atoms with Gasteiger partial charge in [-0.25, -0.2) is 0 Å². The van der Waals surface area contributed by atoms with E-state index in [0.29, 0.717) is 24.0 Å². The van der Waals surface area contributed by atoms with Crippen molar-refractivity contribution in [2.45, 2.75) is 18.9 Å². The minimum absolute atomic E-state index is 0. The molecule has 3 rings (SSSR count). The Labute approximate surface area is 178 Å². The van der Waals surface area contributed by atoms with Crippen LogP contribution < -0.4 is 15.4 Å². The SMILES string of the molecule is COc1ccc(Cl)cc1NCCC(=O)N1CCC(N2CCNCC2)C1.Cl.Cl. The second-order valence-electron chi connectivity index (χ2n) is 6.59. The second-order valence-corrected chi connectivity index (χ2v) is 7.03. The predicted molar refractivity (Wildman–Crippen MR) is 115 cm³/mol. The first-order valence-electron chi connectivity index (χ1n) is 8.97. The van der Waals surface area contributed by atoms with Gasteiger partial charge in [-0.2, -0.15) is 0 Å². The van der Waals surface area contributed by atoms with E-state index >= 15 is 0 Å². The molecule has 0 aliphatic carbocycles. The van der Waals surface area contributed by atoms with Crippen LogP contribution in [0, 0.1) is 0 Å². The largest absolute Gasteiger partial charge is 0.495 e. The van der Waals surface area contributed by atoms with Crippen LogP contribution >= 0.6 is 36.4 Å². The molecule has 0 aromatic heterocycles. The van der Waals surface area contributed by atoms with Gasteiger partial charge in [0.05, 0.1) is 12.8 Å². The number of piperazine rings is 1. The number of halogens is 3. The van der Waals surface area contributed by atoms with E-state index in [-0.39, 0.29) is 30.7 Å². The van der Waals surface area contributed by atoms with E-state index in [9.17, 15) is 4.79 Å². The first kappa shape index (κ1) is 24.1. The summed E-state index contributed by atoms with van der Waals surface area (Å²) in [6.45, 7) is 6.58. The monoisotopic (exact) mass is 438 g/mol. The van der Waals surface area contributed by atoms with Crippen LogP contribution in [0.5, 0.6) is 5.75 Å². The highest BCUT2D eigenvalue weighted by molar-refractivity contribution is 6.30. The number of hydrogen-bond donors (Lipinski definition) is 2. The lowest BCUT2D eigenvalue weighted by Crippen LogP contribution is -2.49. The molecule has 9 heteroatoms. The third-order valence-corrected chi connectivity index (χ3v) is 5.24. The van der Waals surface area contributed by atoms with Crippen LogP contribution in [0.4, 0.5) is 5.69 Å². The van der Waals surface area contributed by atoms with Crippen molar-refractivity contribution in [2.75, 3.05) is 58.2 Å². The summed E-state index contributed by atoms with van der Waals surface area (Å²) in [5.74, 6) is 0.947. The fourth-order valence-electron chi connectivity index (χ4n) is 3.59. The Morgan fingerprint density at radius 1 is 1.30 bits per heavy atom. The first-order chi connectivity index (χ1) is 12.2. The lowest BCUT2D eigenvalue weighted by molar-refractivity contribution is -0.130. The molecule has 2 heterocycles. The van der Waals surface area contributed by atoms with Gasteiger partial charge in [0.1, 0.15) is 5.75 Å². The zero-order valence-electron chi connectivity index (χ0n) is 15.6. The van der Waals surface area contributed by atoms with E-state index in [1.165, 1.54) is 0 Å². The van der Waals surface area contributed by atoms with E-state index in [0.717, 1.165) is 57.1 Å². The number of carbonyl (C=O) groups excluding carboxylic acids is 1. The maximum atomic E-state index is 12.5. The maximum Gasteiger partial charge on any atom is 0.224 e. The van der Waals surface area contributed by atoms with Gasteiger partial charge in [0.15, 0.2) is 0 Å². The summed E-state index contributed by atoms with van der Waals surface area (Å²) in [6, 6.07) is 5.95. The van der Waals surface area contributed by atoms with Gasteiger partial charge in [0, 0.05) is 63.3 Å². The second kappa shape index (κ2) is 11.8. The molecule has 1 amide bonds. The quantitative estimate of drug-likeness (QED) is 0.713. The molecule has 2 N–H and O–H groups in total. The molecule has 27 heavy (non-hydrogen) atoms. The van der Waals surface area contributed by atoms with Crippen molar-refractivity contribution in [3.05, 3.63) is 23.2 Å². The Balaban J connectivity index is 0.00000182. The van der Waals surface area contributed by atoms with E-state index in [1.807, 2.05) is 17.0 Å². The Kier molecular flexibility index (Phi) is 10.6. The molecular weight excluding hydrogens is 411 g/mol. The van der Waals surface area contributed by atoms with Crippen LogP contribution in [-0.4, -0.2) is 74.7 Å². The normalized spacial score (nSPS) is 19.8. The highest BCUT2D eigenvalue weighted by Gasteiger charge is 2.30. The number of likely N-dealkylation sites (tertiary alicyclic amines) is 1. The molecule has 154 valence electrons. The summed E-state index contributed by atoms with van der Waals surface area (Å²) in [5, 5.41) is 7.28. The number of amides is 1. The molecule has 1 aromatic carbocycles. The fourth-order valence-corrected chi connectivity index (χ4v) is 3.77. The minimum atomic E-state index is 0. The van der Waals surface area contributed by atoms with Crippen LogP contribution in [-0.2, 0) is 4.79 Å². The summed E-state index contributed by atoms with van der Waals surface area (Å²) in [7, 11) is 1.63. The summed E-state index contributed by atoms with van der Waals surface area (Å²) < 4.78 is 5.31. The van der Waals surface area contributed by atoms with Gasteiger partial charge in [-0.05, 0) is 24.6 Å². The van der Waals surface area contributed by atoms with Crippen LogP contribution in [0.15, 0.2) is 18.2 Å². The molecule has 6 nitrogen and oxygen atoms in total. The lowest BCUT2D eigenvalue weighted by Gasteiger charge is -2.32. The number of methoxy groups -OCH3 is 1. The average Bonchev–Trinajstić information content (AvgIpc) is 3.13. The van der Waals surface area contributed by atoms with Crippen molar-refractivity contribution < 1.29 is 9.53 Å². The van der Waals surface area contributed by atoms with Gasteiger partial charge in [0.25, 0.3) is 0 Å². The molecule has 2 saturated heterocycles. The molecule has 1 unspecified atom stereocenters. The van der Waals surface area contributed by atoms with E-state index in [1.54, 1.807) is 13.2 Å². The number of nitrogens with one attached hydrogen (secondary N) is 2. The Hall–Kier alpha value is -0.920. The van der Waals surface area contributed by atoms with Crippen molar-refractivity contribution in [3.63, 3.8) is 0 Å². The number of ether oxygens (including phenoxy) is 1. The molecule has 1 aromatic rings. The van der Waals surface area contributed by atoms with Crippen LogP contribution in [0.25, 0.3) is 0 Å². The zero-order chi connectivity index (χ0) is 17.6. The highest BCUT2D eigenvalue weighted by Crippen LogP contribution is 2.27. The summed E-state index contributed by atoms with van der Waals surface area (Å²) in [4.78, 5) is 17.0. The smallest absolute Gasteiger partial charge is 0.224 e. The Morgan fingerprint density at radius 2 is 2.04 bits per heavy atom. The van der Waals surface area contributed by atoms with Gasteiger partial charge in [-0.15, -0.1) is 24.8 Å². The Bertz CT molecular complexity index is 600. The lowest BCUT2D eigenvalue weighted by atomic mass is 10.2. The molecule has 0 bridgehead atoms. The number of carbonyl (C=O) groups is 1.